The van der Waals surface area contributed by atoms with Crippen molar-refractivity contribution < 1.29 is 9.53 Å². The Hall–Kier alpha value is -2.67. The molecular weight excluding hydrogens is 306 g/mol. The highest BCUT2D eigenvalue weighted by molar-refractivity contribution is 5.92. The molecule has 1 amide bonds. The number of anilines is 2. The van der Waals surface area contributed by atoms with Crippen molar-refractivity contribution in [2.24, 2.45) is 0 Å². The molecule has 0 aliphatic heterocycles. The molecule has 1 heterocycles. The minimum atomic E-state index is -0.225. The Morgan fingerprint density at radius 1 is 1.17 bits per heavy atom. The molecule has 1 aromatic carbocycles. The summed E-state index contributed by atoms with van der Waals surface area (Å²) in [5.41, 5.74) is 1.17. The van der Waals surface area contributed by atoms with E-state index < -0.39 is 0 Å². The van der Waals surface area contributed by atoms with Gasteiger partial charge in [-0.25, -0.2) is 9.97 Å². The van der Waals surface area contributed by atoms with Crippen molar-refractivity contribution in [2.75, 3.05) is 39.1 Å². The molecule has 7 nitrogen and oxygen atoms in total. The first kappa shape index (κ1) is 17.7. The van der Waals surface area contributed by atoms with E-state index in [0.717, 1.165) is 18.0 Å². The molecule has 0 bridgehead atoms. The quantitative estimate of drug-likeness (QED) is 0.770. The number of hydrogen-bond donors (Lipinski definition) is 2. The van der Waals surface area contributed by atoms with E-state index in [2.05, 4.69) is 20.6 Å². The van der Waals surface area contributed by atoms with Crippen LogP contribution in [0.3, 0.4) is 0 Å². The van der Waals surface area contributed by atoms with E-state index >= 15 is 0 Å². The molecule has 24 heavy (non-hydrogen) atoms. The van der Waals surface area contributed by atoms with Crippen LogP contribution in [0.4, 0.5) is 11.5 Å². The fraction of sp³-hybridized carbons (Fsp3) is 0.353. The van der Waals surface area contributed by atoms with Crippen molar-refractivity contribution in [2.45, 2.75) is 6.92 Å². The highest BCUT2D eigenvalue weighted by Crippen LogP contribution is 2.18. The maximum Gasteiger partial charge on any atom is 0.271 e. The number of nitrogens with one attached hydrogen (secondary N) is 2. The van der Waals surface area contributed by atoms with Crippen LogP contribution in [0.5, 0.6) is 5.75 Å². The number of amides is 1. The van der Waals surface area contributed by atoms with Gasteiger partial charge in [0.15, 0.2) is 0 Å². The van der Waals surface area contributed by atoms with Crippen LogP contribution in [-0.4, -0.2) is 54.6 Å². The Balaban J connectivity index is 1.90. The van der Waals surface area contributed by atoms with Gasteiger partial charge in [0.05, 0.1) is 19.0 Å². The number of carbonyl (C=O) groups excluding carboxylic acids is 1. The van der Waals surface area contributed by atoms with Crippen LogP contribution in [-0.2, 0) is 0 Å². The third-order valence-corrected chi connectivity index (χ3v) is 3.17. The van der Waals surface area contributed by atoms with E-state index in [1.54, 1.807) is 0 Å². The summed E-state index contributed by atoms with van der Waals surface area (Å²) in [6.07, 6.45) is 3.00. The molecule has 0 unspecified atom stereocenters. The van der Waals surface area contributed by atoms with E-state index in [9.17, 15) is 4.79 Å². The molecule has 2 rings (SSSR count). The molecular formula is C17H23N5O2. The number of carbonyl (C=O) groups is 1. The predicted octanol–water partition coefficient (Wildman–Crippen LogP) is 1.91. The number of benzene rings is 1. The average Bonchev–Trinajstić information content (AvgIpc) is 2.57. The third-order valence-electron chi connectivity index (χ3n) is 3.17. The zero-order valence-corrected chi connectivity index (χ0v) is 14.2. The lowest BCUT2D eigenvalue weighted by Crippen LogP contribution is -2.31. The first-order chi connectivity index (χ1) is 11.6. The fourth-order valence-electron chi connectivity index (χ4n) is 1.94. The minimum Gasteiger partial charge on any atom is -0.494 e. The summed E-state index contributed by atoms with van der Waals surface area (Å²) in [5.74, 6) is 1.17. The van der Waals surface area contributed by atoms with Crippen LogP contribution in [0.1, 0.15) is 17.4 Å². The Kier molecular flexibility index (Phi) is 6.51. The molecule has 0 saturated carbocycles. The van der Waals surface area contributed by atoms with Gasteiger partial charge in [0, 0.05) is 18.8 Å². The summed E-state index contributed by atoms with van der Waals surface area (Å²) < 4.78 is 5.40. The Morgan fingerprint density at radius 3 is 2.50 bits per heavy atom. The zero-order chi connectivity index (χ0) is 17.4. The molecule has 7 heteroatoms. The van der Waals surface area contributed by atoms with Gasteiger partial charge in [-0.05, 0) is 45.3 Å². The van der Waals surface area contributed by atoms with Gasteiger partial charge in [0.25, 0.3) is 5.91 Å². The van der Waals surface area contributed by atoms with Crippen molar-refractivity contribution in [3.63, 3.8) is 0 Å². The topological polar surface area (TPSA) is 79.4 Å². The number of ether oxygens (including phenoxy) is 1. The SMILES string of the molecule is CCOc1ccc(Nc2cnc(C(=O)NCCN(C)C)cn2)cc1. The lowest BCUT2D eigenvalue weighted by atomic mass is 10.3. The molecule has 2 aromatic rings. The third kappa shape index (κ3) is 5.51. The second-order valence-corrected chi connectivity index (χ2v) is 5.43. The van der Waals surface area contributed by atoms with Crippen LogP contribution in [0.15, 0.2) is 36.7 Å². The lowest BCUT2D eigenvalue weighted by Gasteiger charge is -2.10. The van der Waals surface area contributed by atoms with Gasteiger partial charge in [-0.2, -0.15) is 0 Å². The number of hydrogen-bond acceptors (Lipinski definition) is 6. The van der Waals surface area contributed by atoms with Crippen LogP contribution in [0.25, 0.3) is 0 Å². The van der Waals surface area contributed by atoms with E-state index in [1.807, 2.05) is 50.2 Å². The second-order valence-electron chi connectivity index (χ2n) is 5.43. The molecule has 128 valence electrons. The zero-order valence-electron chi connectivity index (χ0n) is 14.2. The molecule has 0 spiro atoms. The van der Waals surface area contributed by atoms with E-state index in [0.29, 0.717) is 24.7 Å². The van der Waals surface area contributed by atoms with Gasteiger partial charge in [0.2, 0.25) is 0 Å². The fourth-order valence-corrected chi connectivity index (χ4v) is 1.94. The standard InChI is InChI=1S/C17H23N5O2/c1-4-24-14-7-5-13(6-8-14)21-16-12-19-15(11-20-16)17(23)18-9-10-22(2)3/h5-8,11-12H,4,9-10H2,1-3H3,(H,18,23)(H,20,21). The highest BCUT2D eigenvalue weighted by Gasteiger charge is 2.07. The molecule has 0 aliphatic carbocycles. The van der Waals surface area contributed by atoms with Gasteiger partial charge in [-0.3, -0.25) is 4.79 Å². The Morgan fingerprint density at radius 2 is 1.92 bits per heavy atom. The summed E-state index contributed by atoms with van der Waals surface area (Å²) in [6.45, 7) is 3.92. The molecule has 0 saturated heterocycles. The summed E-state index contributed by atoms with van der Waals surface area (Å²) in [6, 6.07) is 7.56. The molecule has 0 atom stereocenters. The minimum absolute atomic E-state index is 0.225. The van der Waals surface area contributed by atoms with Gasteiger partial charge in [-0.1, -0.05) is 0 Å². The van der Waals surface area contributed by atoms with Crippen LogP contribution < -0.4 is 15.4 Å². The molecule has 2 N–H and O–H groups in total. The maximum atomic E-state index is 11.9. The lowest BCUT2D eigenvalue weighted by molar-refractivity contribution is 0.0945. The monoisotopic (exact) mass is 329 g/mol. The summed E-state index contributed by atoms with van der Waals surface area (Å²) in [4.78, 5) is 22.3. The first-order valence-corrected chi connectivity index (χ1v) is 7.83. The predicted molar refractivity (Wildman–Crippen MR) is 93.8 cm³/mol. The summed E-state index contributed by atoms with van der Waals surface area (Å²) in [7, 11) is 3.90. The van der Waals surface area contributed by atoms with Crippen LogP contribution >= 0.6 is 0 Å². The molecule has 1 aromatic heterocycles. The van der Waals surface area contributed by atoms with Gasteiger partial charge >= 0.3 is 0 Å². The Labute approximate surface area is 142 Å². The van der Waals surface area contributed by atoms with E-state index in [-0.39, 0.29) is 5.91 Å². The maximum absolute atomic E-state index is 11.9. The number of nitrogens with zero attached hydrogens (tertiary/aromatic N) is 3. The number of rotatable bonds is 8. The largest absolute Gasteiger partial charge is 0.494 e. The highest BCUT2D eigenvalue weighted by atomic mass is 16.5. The first-order valence-electron chi connectivity index (χ1n) is 7.83. The molecule has 0 fully saturated rings. The average molecular weight is 329 g/mol. The summed E-state index contributed by atoms with van der Waals surface area (Å²) in [5, 5.41) is 5.93. The summed E-state index contributed by atoms with van der Waals surface area (Å²) >= 11 is 0. The van der Waals surface area contributed by atoms with Gasteiger partial charge in [0.1, 0.15) is 17.3 Å². The molecule has 0 aliphatic rings. The molecule has 0 radical (unpaired) electrons. The van der Waals surface area contributed by atoms with Crippen molar-refractivity contribution in [3.8, 4) is 5.75 Å². The Bertz CT molecular complexity index is 641. The van der Waals surface area contributed by atoms with Crippen LogP contribution in [0, 0.1) is 0 Å². The van der Waals surface area contributed by atoms with Crippen molar-refractivity contribution in [1.82, 2.24) is 20.2 Å². The van der Waals surface area contributed by atoms with Crippen molar-refractivity contribution in [3.05, 3.63) is 42.4 Å². The van der Waals surface area contributed by atoms with E-state index in [4.69, 9.17) is 4.74 Å². The number of likely N-dealkylation sites (N-methyl/N-ethyl adjacent to an activating group) is 1. The number of aromatic nitrogens is 2. The van der Waals surface area contributed by atoms with Crippen molar-refractivity contribution >= 4 is 17.4 Å². The van der Waals surface area contributed by atoms with E-state index in [1.165, 1.54) is 12.4 Å². The van der Waals surface area contributed by atoms with Crippen LogP contribution in [0.2, 0.25) is 0 Å². The van der Waals surface area contributed by atoms with Gasteiger partial charge < -0.3 is 20.3 Å². The van der Waals surface area contributed by atoms with Gasteiger partial charge in [-0.15, -0.1) is 0 Å². The van der Waals surface area contributed by atoms with Crippen molar-refractivity contribution in [1.29, 1.82) is 0 Å². The normalized spacial score (nSPS) is 10.5. The second kappa shape index (κ2) is 8.83. The smallest absolute Gasteiger partial charge is 0.271 e.